The standard InChI is InChI=1S/C16H10ClN3OS2/c17-12-6-5-10(19-15(21)8-22-9-18)7-11(12)16-20-13-3-1-2-4-14(13)23-16/h1-7H,8H2,(H,19,21). The van der Waals surface area contributed by atoms with Gasteiger partial charge in [-0.3, -0.25) is 4.79 Å². The van der Waals surface area contributed by atoms with Gasteiger partial charge in [0.25, 0.3) is 0 Å². The lowest BCUT2D eigenvalue weighted by Crippen LogP contribution is -2.13. The second-order valence-electron chi connectivity index (χ2n) is 4.61. The van der Waals surface area contributed by atoms with Crippen molar-refractivity contribution in [3.8, 4) is 16.0 Å². The van der Waals surface area contributed by atoms with E-state index in [9.17, 15) is 4.79 Å². The second-order valence-corrected chi connectivity index (χ2v) is 6.81. The lowest BCUT2D eigenvalue weighted by molar-refractivity contribution is -0.113. The van der Waals surface area contributed by atoms with Crippen LogP contribution in [0.3, 0.4) is 0 Å². The van der Waals surface area contributed by atoms with Gasteiger partial charge in [-0.05, 0) is 42.1 Å². The maximum atomic E-state index is 11.7. The first-order valence-corrected chi connectivity index (χ1v) is 8.81. The minimum absolute atomic E-state index is 0.0929. The molecule has 0 spiro atoms. The summed E-state index contributed by atoms with van der Waals surface area (Å²) >= 11 is 8.74. The Bertz CT molecular complexity index is 884. The Morgan fingerprint density at radius 2 is 2.17 bits per heavy atom. The smallest absolute Gasteiger partial charge is 0.235 e. The zero-order valence-electron chi connectivity index (χ0n) is 11.7. The zero-order valence-corrected chi connectivity index (χ0v) is 14.1. The summed E-state index contributed by atoms with van der Waals surface area (Å²) in [4.78, 5) is 16.3. The van der Waals surface area contributed by atoms with Gasteiger partial charge in [0.15, 0.2) is 0 Å². The summed E-state index contributed by atoms with van der Waals surface area (Å²) in [6.07, 6.45) is 0. The predicted molar refractivity (Wildman–Crippen MR) is 96.8 cm³/mol. The van der Waals surface area contributed by atoms with Gasteiger partial charge >= 0.3 is 0 Å². The first-order chi connectivity index (χ1) is 11.2. The van der Waals surface area contributed by atoms with Gasteiger partial charge in [-0.2, -0.15) is 5.26 Å². The Kier molecular flexibility index (Phi) is 4.82. The minimum atomic E-state index is -0.228. The van der Waals surface area contributed by atoms with E-state index in [4.69, 9.17) is 16.9 Å². The van der Waals surface area contributed by atoms with Crippen LogP contribution in [0.2, 0.25) is 5.02 Å². The number of anilines is 1. The molecule has 23 heavy (non-hydrogen) atoms. The molecule has 0 radical (unpaired) electrons. The molecular weight excluding hydrogens is 350 g/mol. The van der Waals surface area contributed by atoms with Crippen molar-refractivity contribution < 1.29 is 4.79 Å². The molecule has 1 N–H and O–H groups in total. The number of para-hydroxylation sites is 1. The molecule has 0 aliphatic heterocycles. The van der Waals surface area contributed by atoms with E-state index in [1.165, 1.54) is 0 Å². The summed E-state index contributed by atoms with van der Waals surface area (Å²) in [5.41, 5.74) is 2.33. The molecule has 0 saturated carbocycles. The van der Waals surface area contributed by atoms with Gasteiger partial charge in [0, 0.05) is 11.3 Å². The summed E-state index contributed by atoms with van der Waals surface area (Å²) in [5.74, 6) is -0.135. The number of nitriles is 1. The summed E-state index contributed by atoms with van der Waals surface area (Å²) in [6, 6.07) is 13.1. The van der Waals surface area contributed by atoms with Crippen LogP contribution >= 0.6 is 34.7 Å². The van der Waals surface area contributed by atoms with Crippen molar-refractivity contribution in [1.82, 2.24) is 4.98 Å². The van der Waals surface area contributed by atoms with E-state index in [2.05, 4.69) is 10.3 Å². The van der Waals surface area contributed by atoms with E-state index in [-0.39, 0.29) is 11.7 Å². The lowest BCUT2D eigenvalue weighted by atomic mass is 10.2. The first kappa shape index (κ1) is 15.8. The van der Waals surface area contributed by atoms with Crippen molar-refractivity contribution in [2.45, 2.75) is 0 Å². The third-order valence-electron chi connectivity index (χ3n) is 3.04. The molecule has 3 rings (SSSR count). The number of thioether (sulfide) groups is 1. The van der Waals surface area contributed by atoms with Crippen LogP contribution in [0.1, 0.15) is 0 Å². The van der Waals surface area contributed by atoms with Gasteiger partial charge in [-0.25, -0.2) is 4.98 Å². The third-order valence-corrected chi connectivity index (χ3v) is 4.98. The summed E-state index contributed by atoms with van der Waals surface area (Å²) in [5, 5.41) is 14.5. The fourth-order valence-corrected chi connectivity index (χ4v) is 3.58. The van der Waals surface area contributed by atoms with Gasteiger partial charge in [-0.1, -0.05) is 23.7 Å². The normalized spacial score (nSPS) is 10.4. The number of aromatic nitrogens is 1. The highest BCUT2D eigenvalue weighted by Gasteiger charge is 2.11. The van der Waals surface area contributed by atoms with Crippen molar-refractivity contribution >= 4 is 56.5 Å². The molecule has 2 aromatic carbocycles. The summed E-state index contributed by atoms with van der Waals surface area (Å²) < 4.78 is 1.08. The summed E-state index contributed by atoms with van der Waals surface area (Å²) in [7, 11) is 0. The first-order valence-electron chi connectivity index (χ1n) is 6.63. The van der Waals surface area contributed by atoms with Gasteiger partial charge in [0.2, 0.25) is 5.91 Å². The molecule has 0 aliphatic carbocycles. The van der Waals surface area contributed by atoms with E-state index < -0.39 is 0 Å². The van der Waals surface area contributed by atoms with Crippen LogP contribution in [0.15, 0.2) is 42.5 Å². The van der Waals surface area contributed by atoms with E-state index in [0.29, 0.717) is 10.7 Å². The fourth-order valence-electron chi connectivity index (χ4n) is 2.05. The summed E-state index contributed by atoms with van der Waals surface area (Å²) in [6.45, 7) is 0. The fraction of sp³-hybridized carbons (Fsp3) is 0.0625. The average molecular weight is 360 g/mol. The molecule has 1 heterocycles. The molecular formula is C16H10ClN3OS2. The maximum absolute atomic E-state index is 11.7. The highest BCUT2D eigenvalue weighted by molar-refractivity contribution is 8.04. The molecule has 7 heteroatoms. The third kappa shape index (κ3) is 3.64. The molecule has 0 atom stereocenters. The lowest BCUT2D eigenvalue weighted by Gasteiger charge is -2.07. The molecule has 3 aromatic rings. The highest BCUT2D eigenvalue weighted by atomic mass is 35.5. The largest absolute Gasteiger partial charge is 0.325 e. The molecule has 0 fully saturated rings. The number of nitrogens with zero attached hydrogens (tertiary/aromatic N) is 2. The monoisotopic (exact) mass is 359 g/mol. The van der Waals surface area contributed by atoms with Crippen molar-refractivity contribution in [1.29, 1.82) is 5.26 Å². The predicted octanol–water partition coefficient (Wildman–Crippen LogP) is 4.77. The van der Waals surface area contributed by atoms with Crippen LogP contribution in [0.4, 0.5) is 5.69 Å². The Morgan fingerprint density at radius 1 is 1.35 bits per heavy atom. The number of nitrogens with one attached hydrogen (secondary N) is 1. The van der Waals surface area contributed by atoms with Gasteiger partial charge in [0.1, 0.15) is 10.4 Å². The number of halogens is 1. The molecule has 4 nitrogen and oxygen atoms in total. The average Bonchev–Trinajstić information content (AvgIpc) is 2.98. The Balaban J connectivity index is 1.91. The molecule has 0 unspecified atom stereocenters. The number of benzene rings is 2. The van der Waals surface area contributed by atoms with Gasteiger partial charge in [0.05, 0.1) is 21.0 Å². The molecule has 0 aliphatic rings. The molecule has 1 aromatic heterocycles. The molecule has 0 saturated heterocycles. The topological polar surface area (TPSA) is 65.8 Å². The number of rotatable bonds is 4. The number of hydrogen-bond acceptors (Lipinski definition) is 5. The molecule has 1 amide bonds. The van der Waals surface area contributed by atoms with Crippen molar-refractivity contribution in [3.05, 3.63) is 47.5 Å². The highest BCUT2D eigenvalue weighted by Crippen LogP contribution is 2.35. The number of amides is 1. The number of thiazole rings is 1. The Hall–Kier alpha value is -2.07. The molecule has 0 bridgehead atoms. The Morgan fingerprint density at radius 3 is 2.96 bits per heavy atom. The number of thiocyanates is 1. The van der Waals surface area contributed by atoms with Crippen molar-refractivity contribution in [2.24, 2.45) is 0 Å². The van der Waals surface area contributed by atoms with Gasteiger partial charge < -0.3 is 5.32 Å². The Labute approximate surface area is 146 Å². The van der Waals surface area contributed by atoms with E-state index in [1.807, 2.05) is 29.7 Å². The maximum Gasteiger partial charge on any atom is 0.235 e. The van der Waals surface area contributed by atoms with Crippen LogP contribution in [0, 0.1) is 10.7 Å². The van der Waals surface area contributed by atoms with Crippen molar-refractivity contribution in [3.63, 3.8) is 0 Å². The van der Waals surface area contributed by atoms with Crippen LogP contribution in [-0.2, 0) is 4.79 Å². The minimum Gasteiger partial charge on any atom is -0.325 e. The second kappa shape index (κ2) is 7.01. The van der Waals surface area contributed by atoms with Crippen LogP contribution < -0.4 is 5.32 Å². The molecule has 114 valence electrons. The van der Waals surface area contributed by atoms with E-state index >= 15 is 0 Å². The number of carbonyl (C=O) groups is 1. The van der Waals surface area contributed by atoms with Crippen molar-refractivity contribution in [2.75, 3.05) is 11.1 Å². The SMILES string of the molecule is N#CSCC(=O)Nc1ccc(Cl)c(-c2nc3ccccc3s2)c1. The van der Waals surface area contributed by atoms with Gasteiger partial charge in [-0.15, -0.1) is 11.3 Å². The van der Waals surface area contributed by atoms with Crippen LogP contribution in [-0.4, -0.2) is 16.6 Å². The van der Waals surface area contributed by atoms with E-state index in [0.717, 1.165) is 32.5 Å². The van der Waals surface area contributed by atoms with E-state index in [1.54, 1.807) is 29.5 Å². The number of fused-ring (bicyclic) bond motifs is 1. The quantitative estimate of drug-likeness (QED) is 0.681. The zero-order chi connectivity index (χ0) is 16.2. The van der Waals surface area contributed by atoms with Crippen LogP contribution in [0.5, 0.6) is 0 Å². The van der Waals surface area contributed by atoms with Crippen LogP contribution in [0.25, 0.3) is 20.8 Å². The number of carbonyl (C=O) groups excluding carboxylic acids is 1. The number of hydrogen-bond donors (Lipinski definition) is 1.